The predicted molar refractivity (Wildman–Crippen MR) is 77.4 cm³/mol. The molecule has 1 heterocycles. The molecule has 1 aromatic carbocycles. The van der Waals surface area contributed by atoms with Crippen molar-refractivity contribution in [2.45, 2.75) is 17.0 Å². The number of hydrogen-bond acceptors (Lipinski definition) is 3. The average Bonchev–Trinajstić information content (AvgIpc) is 2.38. The number of benzene rings is 1. The van der Waals surface area contributed by atoms with Gasteiger partial charge >= 0.3 is 6.18 Å². The molecule has 0 amide bonds. The predicted octanol–water partition coefficient (Wildman–Crippen LogP) is 4.74. The van der Waals surface area contributed by atoms with Gasteiger partial charge in [0.15, 0.2) is 0 Å². The largest absolute Gasteiger partial charge is 0.416 e. The molecule has 0 radical (unpaired) electrons. The molecule has 1 aromatic heterocycles. The molecule has 0 spiro atoms. The fourth-order valence-electron chi connectivity index (χ4n) is 1.61. The molecule has 0 aliphatic rings. The summed E-state index contributed by atoms with van der Waals surface area (Å²) in [6.07, 6.45) is -2.81. The first-order valence-electron chi connectivity index (χ1n) is 5.57. The number of nitrogen functional groups attached to an aromatic ring is 1. The van der Waals surface area contributed by atoms with Crippen molar-refractivity contribution in [2.75, 3.05) is 5.73 Å². The number of anilines is 1. The van der Waals surface area contributed by atoms with Crippen LogP contribution in [0.4, 0.5) is 18.9 Å². The van der Waals surface area contributed by atoms with E-state index >= 15 is 0 Å². The molecule has 0 aliphatic heterocycles. The van der Waals surface area contributed by atoms with E-state index in [1.54, 1.807) is 18.3 Å². The van der Waals surface area contributed by atoms with Crippen molar-refractivity contribution in [3.8, 4) is 0 Å². The quantitative estimate of drug-likeness (QED) is 0.633. The SMILES string of the molecule is Nc1ccc(CSc2ncccc2Br)c(C(F)(F)F)c1. The highest BCUT2D eigenvalue weighted by atomic mass is 79.9. The molecular formula is C13H10BrF3N2S. The van der Waals surface area contributed by atoms with Crippen LogP contribution in [0.15, 0.2) is 46.0 Å². The number of halogens is 4. The van der Waals surface area contributed by atoms with Gasteiger partial charge in [-0.2, -0.15) is 13.2 Å². The summed E-state index contributed by atoms with van der Waals surface area (Å²) in [6.45, 7) is 0. The Labute approximate surface area is 126 Å². The monoisotopic (exact) mass is 362 g/mol. The lowest BCUT2D eigenvalue weighted by Crippen LogP contribution is -2.09. The molecule has 106 valence electrons. The van der Waals surface area contributed by atoms with Crippen molar-refractivity contribution in [1.82, 2.24) is 4.98 Å². The first-order valence-corrected chi connectivity index (χ1v) is 7.34. The molecule has 2 nitrogen and oxygen atoms in total. The van der Waals surface area contributed by atoms with E-state index < -0.39 is 11.7 Å². The highest BCUT2D eigenvalue weighted by molar-refractivity contribution is 9.10. The molecule has 2 aromatic rings. The van der Waals surface area contributed by atoms with Gasteiger partial charge in [0.05, 0.1) is 5.56 Å². The van der Waals surface area contributed by atoms with Crippen LogP contribution >= 0.6 is 27.7 Å². The summed E-state index contributed by atoms with van der Waals surface area (Å²) < 4.78 is 39.6. The molecule has 0 fully saturated rings. The van der Waals surface area contributed by atoms with Gasteiger partial charge in [0.1, 0.15) is 5.03 Å². The van der Waals surface area contributed by atoms with Gasteiger partial charge in [0.2, 0.25) is 0 Å². The molecule has 0 unspecified atom stereocenters. The average molecular weight is 363 g/mol. The number of nitrogens with zero attached hydrogens (tertiary/aromatic N) is 1. The van der Waals surface area contributed by atoms with Crippen molar-refractivity contribution in [1.29, 1.82) is 0 Å². The van der Waals surface area contributed by atoms with Gasteiger partial charge in [0, 0.05) is 22.1 Å². The minimum Gasteiger partial charge on any atom is -0.399 e. The van der Waals surface area contributed by atoms with Gasteiger partial charge in [0.25, 0.3) is 0 Å². The number of rotatable bonds is 3. The Balaban J connectivity index is 2.24. The standard InChI is InChI=1S/C13H10BrF3N2S/c14-11-2-1-5-19-12(11)20-7-8-3-4-9(18)6-10(8)13(15,16)17/h1-6H,7,18H2. The third-order valence-electron chi connectivity index (χ3n) is 2.53. The summed E-state index contributed by atoms with van der Waals surface area (Å²) in [5.74, 6) is 0.171. The van der Waals surface area contributed by atoms with E-state index in [0.29, 0.717) is 5.03 Å². The summed E-state index contributed by atoms with van der Waals surface area (Å²) in [5, 5.41) is 0.650. The molecule has 0 atom stereocenters. The van der Waals surface area contributed by atoms with Crippen LogP contribution in [0.2, 0.25) is 0 Å². The van der Waals surface area contributed by atoms with E-state index in [1.807, 2.05) is 0 Å². The van der Waals surface area contributed by atoms with E-state index in [0.717, 1.165) is 10.5 Å². The molecular weight excluding hydrogens is 353 g/mol. The van der Waals surface area contributed by atoms with Gasteiger partial charge in [-0.1, -0.05) is 6.07 Å². The van der Waals surface area contributed by atoms with Gasteiger partial charge < -0.3 is 5.73 Å². The summed E-state index contributed by atoms with van der Waals surface area (Å²) >= 11 is 4.55. The molecule has 0 saturated heterocycles. The second kappa shape index (κ2) is 6.05. The molecule has 2 rings (SSSR count). The Morgan fingerprint density at radius 2 is 2.00 bits per heavy atom. The van der Waals surface area contributed by atoms with E-state index in [4.69, 9.17) is 5.73 Å². The first-order chi connectivity index (χ1) is 9.38. The fraction of sp³-hybridized carbons (Fsp3) is 0.154. The number of nitrogens with two attached hydrogens (primary N) is 1. The van der Waals surface area contributed by atoms with Crippen LogP contribution in [0, 0.1) is 0 Å². The van der Waals surface area contributed by atoms with Gasteiger partial charge in [-0.25, -0.2) is 4.98 Å². The Morgan fingerprint density at radius 1 is 1.25 bits per heavy atom. The topological polar surface area (TPSA) is 38.9 Å². The minimum absolute atomic E-state index is 0.102. The van der Waals surface area contributed by atoms with Gasteiger partial charge in [-0.05, 0) is 45.8 Å². The molecule has 7 heteroatoms. The molecule has 20 heavy (non-hydrogen) atoms. The van der Waals surface area contributed by atoms with E-state index in [2.05, 4.69) is 20.9 Å². The maximum Gasteiger partial charge on any atom is 0.416 e. The zero-order chi connectivity index (χ0) is 14.8. The van der Waals surface area contributed by atoms with Crippen molar-refractivity contribution >= 4 is 33.4 Å². The molecule has 0 saturated carbocycles. The second-order valence-corrected chi connectivity index (χ2v) is 5.81. The number of thioether (sulfide) groups is 1. The van der Waals surface area contributed by atoms with Gasteiger partial charge in [-0.15, -0.1) is 11.8 Å². The normalized spacial score (nSPS) is 11.6. The van der Waals surface area contributed by atoms with E-state index in [9.17, 15) is 13.2 Å². The highest BCUT2D eigenvalue weighted by Crippen LogP contribution is 2.36. The zero-order valence-electron chi connectivity index (χ0n) is 10.1. The third kappa shape index (κ3) is 3.67. The van der Waals surface area contributed by atoms with Crippen molar-refractivity contribution < 1.29 is 13.2 Å². The van der Waals surface area contributed by atoms with E-state index in [1.165, 1.54) is 23.9 Å². The van der Waals surface area contributed by atoms with E-state index in [-0.39, 0.29) is 17.0 Å². The second-order valence-electron chi connectivity index (χ2n) is 3.99. The number of pyridine rings is 1. The smallest absolute Gasteiger partial charge is 0.399 e. The van der Waals surface area contributed by atoms with Crippen molar-refractivity contribution in [3.63, 3.8) is 0 Å². The number of aromatic nitrogens is 1. The van der Waals surface area contributed by atoms with Crippen LogP contribution in [-0.2, 0) is 11.9 Å². The Kier molecular flexibility index (Phi) is 4.59. The van der Waals surface area contributed by atoms with Crippen LogP contribution in [0.3, 0.4) is 0 Å². The lowest BCUT2D eigenvalue weighted by Gasteiger charge is -2.13. The molecule has 0 bridgehead atoms. The van der Waals surface area contributed by atoms with Crippen LogP contribution in [-0.4, -0.2) is 4.98 Å². The van der Waals surface area contributed by atoms with Crippen molar-refractivity contribution in [3.05, 3.63) is 52.1 Å². The fourth-order valence-corrected chi connectivity index (χ4v) is 3.09. The summed E-state index contributed by atoms with van der Waals surface area (Å²) in [5.41, 5.74) is 5.02. The Hall–Kier alpha value is -1.21. The first kappa shape index (κ1) is 15.2. The summed E-state index contributed by atoms with van der Waals surface area (Å²) in [6, 6.07) is 7.38. The lowest BCUT2D eigenvalue weighted by molar-refractivity contribution is -0.138. The minimum atomic E-state index is -4.41. The summed E-state index contributed by atoms with van der Waals surface area (Å²) in [7, 11) is 0. The zero-order valence-corrected chi connectivity index (χ0v) is 12.5. The van der Waals surface area contributed by atoms with Crippen LogP contribution < -0.4 is 5.73 Å². The maximum absolute atomic E-state index is 12.9. The van der Waals surface area contributed by atoms with Crippen LogP contribution in [0.25, 0.3) is 0 Å². The number of alkyl halides is 3. The maximum atomic E-state index is 12.9. The Bertz CT molecular complexity index is 617. The molecule has 0 aliphatic carbocycles. The highest BCUT2D eigenvalue weighted by Gasteiger charge is 2.33. The van der Waals surface area contributed by atoms with Crippen LogP contribution in [0.1, 0.15) is 11.1 Å². The third-order valence-corrected chi connectivity index (χ3v) is 4.48. The Morgan fingerprint density at radius 3 is 2.65 bits per heavy atom. The van der Waals surface area contributed by atoms with Crippen molar-refractivity contribution in [2.24, 2.45) is 0 Å². The summed E-state index contributed by atoms with van der Waals surface area (Å²) in [4.78, 5) is 4.11. The lowest BCUT2D eigenvalue weighted by atomic mass is 10.1. The molecule has 2 N–H and O–H groups in total. The van der Waals surface area contributed by atoms with Gasteiger partial charge in [-0.3, -0.25) is 0 Å². The van der Waals surface area contributed by atoms with Crippen LogP contribution in [0.5, 0.6) is 0 Å². The number of hydrogen-bond donors (Lipinski definition) is 1.